The zero-order chi connectivity index (χ0) is 19.4. The normalized spacial score (nSPS) is 12.3. The first-order chi connectivity index (χ1) is 13.0. The highest BCUT2D eigenvalue weighted by atomic mass is 35.5. The SMILES string of the molecule is CCCC(C(=O)OCC)c1c(C)nc2nc(Cc3ccccc3)nn2c1Cl. The first kappa shape index (κ1) is 19.3. The molecular formula is C20H23ClN4O2. The molecule has 1 atom stereocenters. The van der Waals surface area contributed by atoms with Crippen LogP contribution in [-0.2, 0) is 16.0 Å². The van der Waals surface area contributed by atoms with Gasteiger partial charge in [-0.25, -0.2) is 4.98 Å². The van der Waals surface area contributed by atoms with E-state index in [1.807, 2.05) is 44.2 Å². The van der Waals surface area contributed by atoms with E-state index < -0.39 is 5.92 Å². The van der Waals surface area contributed by atoms with Crippen molar-refractivity contribution in [3.8, 4) is 0 Å². The monoisotopic (exact) mass is 386 g/mol. The molecule has 0 amide bonds. The van der Waals surface area contributed by atoms with Gasteiger partial charge < -0.3 is 4.74 Å². The lowest BCUT2D eigenvalue weighted by atomic mass is 9.94. The molecule has 0 N–H and O–H groups in total. The highest BCUT2D eigenvalue weighted by Gasteiger charge is 2.28. The number of benzene rings is 1. The zero-order valence-electron chi connectivity index (χ0n) is 15.8. The van der Waals surface area contributed by atoms with Gasteiger partial charge in [0.05, 0.1) is 12.5 Å². The molecule has 27 heavy (non-hydrogen) atoms. The fraction of sp³-hybridized carbons (Fsp3) is 0.400. The minimum Gasteiger partial charge on any atom is -0.466 e. The standard InChI is InChI=1S/C20H23ClN4O2/c1-4-9-15(19(26)27-5-2)17-13(3)22-20-23-16(24-25(20)18(17)21)12-14-10-7-6-8-11-14/h6-8,10-11,15H,4-5,9,12H2,1-3H3. The quantitative estimate of drug-likeness (QED) is 0.451. The first-order valence-corrected chi connectivity index (χ1v) is 9.55. The van der Waals surface area contributed by atoms with Crippen molar-refractivity contribution < 1.29 is 9.53 Å². The minimum absolute atomic E-state index is 0.282. The van der Waals surface area contributed by atoms with E-state index in [-0.39, 0.29) is 5.97 Å². The van der Waals surface area contributed by atoms with E-state index in [1.54, 1.807) is 6.92 Å². The van der Waals surface area contributed by atoms with Gasteiger partial charge in [-0.05, 0) is 25.8 Å². The Balaban J connectivity index is 2.02. The number of aromatic nitrogens is 4. The number of fused-ring (bicyclic) bond motifs is 1. The second kappa shape index (κ2) is 8.48. The number of ether oxygens (including phenoxy) is 1. The maximum atomic E-state index is 12.5. The summed E-state index contributed by atoms with van der Waals surface area (Å²) in [6.07, 6.45) is 2.05. The van der Waals surface area contributed by atoms with Crippen molar-refractivity contribution >= 4 is 23.3 Å². The molecule has 1 unspecified atom stereocenters. The van der Waals surface area contributed by atoms with Crippen LogP contribution >= 0.6 is 11.6 Å². The zero-order valence-corrected chi connectivity index (χ0v) is 16.5. The average molecular weight is 387 g/mol. The van der Waals surface area contributed by atoms with Gasteiger partial charge in [0.15, 0.2) is 5.82 Å². The molecule has 3 aromatic rings. The van der Waals surface area contributed by atoms with Gasteiger partial charge in [0, 0.05) is 17.7 Å². The van der Waals surface area contributed by atoms with Crippen molar-refractivity contribution in [2.24, 2.45) is 0 Å². The summed E-state index contributed by atoms with van der Waals surface area (Å²) in [5, 5.41) is 4.89. The summed E-state index contributed by atoms with van der Waals surface area (Å²) in [5.74, 6) is 0.331. The Bertz CT molecular complexity index is 940. The molecule has 7 heteroatoms. The summed E-state index contributed by atoms with van der Waals surface area (Å²) in [5.41, 5.74) is 2.45. The molecule has 142 valence electrons. The molecule has 0 aliphatic carbocycles. The van der Waals surface area contributed by atoms with Crippen molar-refractivity contribution in [1.82, 2.24) is 19.6 Å². The van der Waals surface area contributed by atoms with E-state index in [9.17, 15) is 4.79 Å². The third-order valence-electron chi connectivity index (χ3n) is 4.40. The van der Waals surface area contributed by atoms with E-state index in [2.05, 4.69) is 15.1 Å². The number of nitrogens with zero attached hydrogens (tertiary/aromatic N) is 4. The van der Waals surface area contributed by atoms with Crippen LogP contribution in [0.25, 0.3) is 5.78 Å². The third-order valence-corrected chi connectivity index (χ3v) is 4.77. The molecule has 0 radical (unpaired) electrons. The highest BCUT2D eigenvalue weighted by molar-refractivity contribution is 6.30. The Kier molecular flexibility index (Phi) is 6.06. The predicted octanol–water partition coefficient (Wildman–Crippen LogP) is 4.12. The molecule has 6 nitrogen and oxygen atoms in total. The topological polar surface area (TPSA) is 69.4 Å². The molecule has 2 heterocycles. The second-order valence-electron chi connectivity index (χ2n) is 6.40. The highest BCUT2D eigenvalue weighted by Crippen LogP contribution is 2.31. The molecule has 1 aromatic carbocycles. The van der Waals surface area contributed by atoms with Crippen molar-refractivity contribution in [2.45, 2.75) is 46.0 Å². The van der Waals surface area contributed by atoms with E-state index in [0.29, 0.717) is 47.5 Å². The van der Waals surface area contributed by atoms with Gasteiger partial charge in [-0.3, -0.25) is 4.79 Å². The lowest BCUT2D eigenvalue weighted by Crippen LogP contribution is -2.19. The molecule has 0 fully saturated rings. The summed E-state index contributed by atoms with van der Waals surface area (Å²) in [7, 11) is 0. The molecule has 0 saturated carbocycles. The lowest BCUT2D eigenvalue weighted by Gasteiger charge is -2.18. The largest absolute Gasteiger partial charge is 0.466 e. The Morgan fingerprint density at radius 1 is 1.22 bits per heavy atom. The second-order valence-corrected chi connectivity index (χ2v) is 6.76. The number of carbonyl (C=O) groups is 1. The van der Waals surface area contributed by atoms with Crippen LogP contribution in [0.4, 0.5) is 0 Å². The van der Waals surface area contributed by atoms with Crippen LogP contribution in [-0.4, -0.2) is 32.2 Å². The summed E-state index contributed by atoms with van der Waals surface area (Å²) in [4.78, 5) is 21.5. The number of hydrogen-bond acceptors (Lipinski definition) is 5. The Morgan fingerprint density at radius 3 is 2.63 bits per heavy atom. The molecule has 0 saturated heterocycles. The fourth-order valence-electron chi connectivity index (χ4n) is 3.18. The molecule has 3 rings (SSSR count). The van der Waals surface area contributed by atoms with Crippen LogP contribution in [0.1, 0.15) is 55.3 Å². The van der Waals surface area contributed by atoms with Crippen LogP contribution in [0.15, 0.2) is 30.3 Å². The molecule has 0 bridgehead atoms. The molecular weight excluding hydrogens is 364 g/mol. The Morgan fingerprint density at radius 2 is 1.96 bits per heavy atom. The van der Waals surface area contributed by atoms with Gasteiger partial charge in [0.2, 0.25) is 0 Å². The van der Waals surface area contributed by atoms with E-state index in [4.69, 9.17) is 16.3 Å². The molecule has 0 aliphatic rings. The maximum absolute atomic E-state index is 12.5. The van der Waals surface area contributed by atoms with Crippen LogP contribution in [0, 0.1) is 6.92 Å². The summed E-state index contributed by atoms with van der Waals surface area (Å²) in [6.45, 7) is 5.99. The minimum atomic E-state index is -0.457. The molecule has 0 aliphatic heterocycles. The number of halogens is 1. The fourth-order valence-corrected chi connectivity index (χ4v) is 3.57. The van der Waals surface area contributed by atoms with Gasteiger partial charge in [0.1, 0.15) is 5.15 Å². The van der Waals surface area contributed by atoms with Crippen LogP contribution in [0.5, 0.6) is 0 Å². The van der Waals surface area contributed by atoms with Gasteiger partial charge in [-0.1, -0.05) is 55.3 Å². The van der Waals surface area contributed by atoms with Crippen LogP contribution in [0.3, 0.4) is 0 Å². The number of carbonyl (C=O) groups excluding carboxylic acids is 1. The number of rotatable bonds is 7. The Labute approximate surface area is 163 Å². The predicted molar refractivity (Wildman–Crippen MR) is 104 cm³/mol. The van der Waals surface area contributed by atoms with Gasteiger partial charge in [0.25, 0.3) is 5.78 Å². The van der Waals surface area contributed by atoms with Gasteiger partial charge in [-0.15, -0.1) is 5.10 Å². The maximum Gasteiger partial charge on any atom is 0.313 e. The van der Waals surface area contributed by atoms with Gasteiger partial charge >= 0.3 is 5.97 Å². The number of esters is 1. The number of aryl methyl sites for hydroxylation is 1. The summed E-state index contributed by atoms with van der Waals surface area (Å²) < 4.78 is 6.76. The van der Waals surface area contributed by atoms with Crippen molar-refractivity contribution in [3.05, 3.63) is 58.1 Å². The summed E-state index contributed by atoms with van der Waals surface area (Å²) in [6, 6.07) is 9.98. The summed E-state index contributed by atoms with van der Waals surface area (Å²) >= 11 is 6.65. The molecule has 0 spiro atoms. The van der Waals surface area contributed by atoms with Crippen molar-refractivity contribution in [3.63, 3.8) is 0 Å². The third kappa shape index (κ3) is 4.11. The lowest BCUT2D eigenvalue weighted by molar-refractivity contribution is -0.145. The Hall–Kier alpha value is -2.47. The van der Waals surface area contributed by atoms with Crippen LogP contribution in [0.2, 0.25) is 5.15 Å². The van der Waals surface area contributed by atoms with E-state index in [0.717, 1.165) is 12.0 Å². The average Bonchev–Trinajstić information content (AvgIpc) is 3.04. The first-order valence-electron chi connectivity index (χ1n) is 9.17. The number of hydrogen-bond donors (Lipinski definition) is 0. The smallest absolute Gasteiger partial charge is 0.313 e. The van der Waals surface area contributed by atoms with Gasteiger partial charge in [-0.2, -0.15) is 9.50 Å². The van der Waals surface area contributed by atoms with E-state index in [1.165, 1.54) is 4.52 Å². The van der Waals surface area contributed by atoms with Crippen LogP contribution < -0.4 is 0 Å². The van der Waals surface area contributed by atoms with Crippen molar-refractivity contribution in [2.75, 3.05) is 6.61 Å². The van der Waals surface area contributed by atoms with Crippen molar-refractivity contribution in [1.29, 1.82) is 0 Å². The molecule has 2 aromatic heterocycles. The van der Waals surface area contributed by atoms with E-state index >= 15 is 0 Å².